The Balaban J connectivity index is 1.41. The first kappa shape index (κ1) is 29.8. The Hall–Kier alpha value is -5.27. The maximum absolute atomic E-state index is 12.4. The minimum atomic E-state index is -1.12. The molecule has 0 amide bonds. The van der Waals surface area contributed by atoms with E-state index < -0.39 is 35.6 Å². The third-order valence-corrected chi connectivity index (χ3v) is 7.76. The van der Waals surface area contributed by atoms with E-state index in [1.807, 2.05) is 78.9 Å². The van der Waals surface area contributed by atoms with Gasteiger partial charge < -0.3 is 29.4 Å². The van der Waals surface area contributed by atoms with Crippen LogP contribution in [0.2, 0.25) is 0 Å². The molecule has 0 aliphatic carbocycles. The Morgan fingerprint density at radius 2 is 1.58 bits per heavy atom. The number of aromatic nitrogens is 5. The molecule has 0 spiro atoms. The minimum absolute atomic E-state index is 0.00415. The van der Waals surface area contributed by atoms with Crippen molar-refractivity contribution in [2.45, 2.75) is 37.4 Å². The van der Waals surface area contributed by atoms with E-state index in [1.54, 1.807) is 14.2 Å². The van der Waals surface area contributed by atoms with Crippen LogP contribution >= 0.6 is 0 Å². The SMILES string of the molecule is COc1ccc(C(OCC2OC(n3nnc4c(=O)[nH]c(N)nc43)CC2OC(C)=O)(c2ccccc2)c2ccc(OC)cc2)cc1. The molecule has 13 heteroatoms. The fourth-order valence-electron chi connectivity index (χ4n) is 5.67. The van der Waals surface area contributed by atoms with Crippen LogP contribution in [0.1, 0.15) is 36.3 Å². The molecule has 0 bridgehead atoms. The third-order valence-electron chi connectivity index (χ3n) is 7.76. The summed E-state index contributed by atoms with van der Waals surface area (Å²) in [5.41, 5.74) is 6.84. The average Bonchev–Trinajstić information content (AvgIpc) is 3.66. The number of methoxy groups -OCH3 is 2. The van der Waals surface area contributed by atoms with Gasteiger partial charge in [0.15, 0.2) is 17.4 Å². The zero-order chi connectivity index (χ0) is 31.6. The number of nitrogens with two attached hydrogens (primary N) is 1. The van der Waals surface area contributed by atoms with E-state index >= 15 is 0 Å². The smallest absolute Gasteiger partial charge is 0.302 e. The fourth-order valence-corrected chi connectivity index (χ4v) is 5.67. The summed E-state index contributed by atoms with van der Waals surface area (Å²) in [6.45, 7) is 1.34. The highest BCUT2D eigenvalue weighted by Crippen LogP contribution is 2.43. The molecule has 45 heavy (non-hydrogen) atoms. The Bertz CT molecular complexity index is 1790. The molecule has 6 rings (SSSR count). The number of fused-ring (bicyclic) bond motifs is 1. The van der Waals surface area contributed by atoms with Crippen molar-refractivity contribution >= 4 is 23.1 Å². The van der Waals surface area contributed by atoms with E-state index in [9.17, 15) is 9.59 Å². The molecule has 1 saturated heterocycles. The van der Waals surface area contributed by atoms with Crippen LogP contribution < -0.4 is 20.8 Å². The van der Waals surface area contributed by atoms with Gasteiger partial charge in [-0.15, -0.1) is 5.10 Å². The van der Waals surface area contributed by atoms with Gasteiger partial charge in [-0.25, -0.2) is 0 Å². The largest absolute Gasteiger partial charge is 0.497 e. The van der Waals surface area contributed by atoms with Crippen molar-refractivity contribution in [3.8, 4) is 11.5 Å². The predicted molar refractivity (Wildman–Crippen MR) is 163 cm³/mol. The lowest BCUT2D eigenvalue weighted by atomic mass is 9.80. The number of rotatable bonds is 10. The summed E-state index contributed by atoms with van der Waals surface area (Å²) in [4.78, 5) is 31.2. The van der Waals surface area contributed by atoms with Crippen LogP contribution in [0.25, 0.3) is 11.2 Å². The molecule has 2 aromatic heterocycles. The summed E-state index contributed by atoms with van der Waals surface area (Å²) in [6, 6.07) is 25.1. The second-order valence-corrected chi connectivity index (χ2v) is 10.5. The Morgan fingerprint density at radius 3 is 2.16 bits per heavy atom. The molecule has 3 atom stereocenters. The lowest BCUT2D eigenvalue weighted by molar-refractivity contribution is -0.153. The molecule has 3 aromatic carbocycles. The second kappa shape index (κ2) is 12.4. The van der Waals surface area contributed by atoms with Gasteiger partial charge in [-0.2, -0.15) is 9.67 Å². The highest BCUT2D eigenvalue weighted by Gasteiger charge is 2.44. The number of esters is 1. The van der Waals surface area contributed by atoms with E-state index in [1.165, 1.54) is 11.6 Å². The average molecular weight is 613 g/mol. The molecule has 232 valence electrons. The number of nitrogen functional groups attached to an aromatic ring is 1. The topological polar surface area (TPSA) is 166 Å². The number of ether oxygens (including phenoxy) is 5. The van der Waals surface area contributed by atoms with Crippen LogP contribution in [0.3, 0.4) is 0 Å². The van der Waals surface area contributed by atoms with Crippen molar-refractivity contribution in [3.63, 3.8) is 0 Å². The van der Waals surface area contributed by atoms with Gasteiger partial charge in [0, 0.05) is 13.3 Å². The highest BCUT2D eigenvalue weighted by atomic mass is 16.6. The van der Waals surface area contributed by atoms with Crippen LogP contribution in [-0.2, 0) is 24.6 Å². The number of hydrogen-bond acceptors (Lipinski definition) is 11. The van der Waals surface area contributed by atoms with E-state index in [-0.39, 0.29) is 30.1 Å². The summed E-state index contributed by atoms with van der Waals surface area (Å²) in [7, 11) is 3.22. The number of carbonyl (C=O) groups is 1. The van der Waals surface area contributed by atoms with Gasteiger partial charge in [0.05, 0.1) is 20.8 Å². The normalized spacial score (nSPS) is 18.2. The molecule has 3 N–H and O–H groups in total. The standard InChI is InChI=1S/C32H32N6O7/c1-19(39)44-25-17-27(38-29-28(36-37-38)30(40)35-31(33)34-29)45-26(25)18-43-32(20-7-5-4-6-8-20,21-9-13-23(41-2)14-10-21)22-11-15-24(42-3)16-12-22/h4-16,25-27H,17-18H2,1-3H3,(H3,33,34,35,40). The number of anilines is 1. The van der Waals surface area contributed by atoms with Crippen LogP contribution in [0, 0.1) is 0 Å². The second-order valence-electron chi connectivity index (χ2n) is 10.5. The van der Waals surface area contributed by atoms with Crippen molar-refractivity contribution in [1.82, 2.24) is 25.0 Å². The first-order valence-electron chi connectivity index (χ1n) is 14.2. The van der Waals surface area contributed by atoms with Crippen LogP contribution in [-0.4, -0.2) is 64.0 Å². The van der Waals surface area contributed by atoms with Crippen LogP contribution in [0.4, 0.5) is 5.95 Å². The lowest BCUT2D eigenvalue weighted by Crippen LogP contribution is -2.39. The number of H-pyrrole nitrogens is 1. The van der Waals surface area contributed by atoms with Crippen molar-refractivity contribution in [3.05, 3.63) is 106 Å². The van der Waals surface area contributed by atoms with Crippen LogP contribution in [0.15, 0.2) is 83.7 Å². The number of carbonyl (C=O) groups excluding carboxylic acids is 1. The first-order chi connectivity index (χ1) is 21.8. The van der Waals surface area contributed by atoms with Gasteiger partial charge >= 0.3 is 5.97 Å². The van der Waals surface area contributed by atoms with Crippen molar-refractivity contribution in [2.75, 3.05) is 26.6 Å². The van der Waals surface area contributed by atoms with Gasteiger partial charge in [-0.1, -0.05) is 59.8 Å². The summed E-state index contributed by atoms with van der Waals surface area (Å²) < 4.78 is 31.3. The third kappa shape index (κ3) is 5.70. The molecular formula is C32H32N6O7. The maximum Gasteiger partial charge on any atom is 0.302 e. The van der Waals surface area contributed by atoms with Crippen molar-refractivity contribution in [1.29, 1.82) is 0 Å². The predicted octanol–water partition coefficient (Wildman–Crippen LogP) is 3.34. The first-order valence-corrected chi connectivity index (χ1v) is 14.2. The fraction of sp³-hybridized carbons (Fsp3) is 0.281. The summed E-state index contributed by atoms with van der Waals surface area (Å²) in [5, 5.41) is 8.07. The van der Waals surface area contributed by atoms with Gasteiger partial charge in [-0.05, 0) is 41.0 Å². The molecule has 0 saturated carbocycles. The van der Waals surface area contributed by atoms with Crippen LogP contribution in [0.5, 0.6) is 11.5 Å². The molecule has 0 radical (unpaired) electrons. The van der Waals surface area contributed by atoms with E-state index in [0.717, 1.165) is 16.7 Å². The van der Waals surface area contributed by atoms with Gasteiger partial charge in [0.1, 0.15) is 29.3 Å². The summed E-state index contributed by atoms with van der Waals surface area (Å²) in [6.07, 6.45) is -1.98. The molecule has 3 heterocycles. The maximum atomic E-state index is 12.4. The van der Waals surface area contributed by atoms with E-state index in [4.69, 9.17) is 29.4 Å². The van der Waals surface area contributed by atoms with E-state index in [0.29, 0.717) is 11.5 Å². The van der Waals surface area contributed by atoms with E-state index in [2.05, 4.69) is 20.3 Å². The van der Waals surface area contributed by atoms with Gasteiger partial charge in [-0.3, -0.25) is 14.6 Å². The Kier molecular flexibility index (Phi) is 8.20. The molecule has 3 unspecified atom stereocenters. The molecule has 1 aliphatic heterocycles. The summed E-state index contributed by atoms with van der Waals surface area (Å²) in [5.74, 6) is 0.828. The number of nitrogens with one attached hydrogen (secondary N) is 1. The minimum Gasteiger partial charge on any atom is -0.497 e. The van der Waals surface area contributed by atoms with Gasteiger partial charge in [0.2, 0.25) is 5.95 Å². The molecule has 1 fully saturated rings. The number of hydrogen-bond donors (Lipinski definition) is 2. The van der Waals surface area contributed by atoms with Crippen molar-refractivity contribution < 1.29 is 28.5 Å². The molecular weight excluding hydrogens is 580 g/mol. The number of benzene rings is 3. The van der Waals surface area contributed by atoms with Gasteiger partial charge in [0.25, 0.3) is 5.56 Å². The quantitative estimate of drug-likeness (QED) is 0.175. The number of nitrogens with zero attached hydrogens (tertiary/aromatic N) is 4. The van der Waals surface area contributed by atoms with Crippen molar-refractivity contribution in [2.24, 2.45) is 0 Å². The Labute approximate surface area is 257 Å². The highest BCUT2D eigenvalue weighted by molar-refractivity contribution is 5.69. The number of aromatic amines is 1. The molecule has 1 aliphatic rings. The summed E-state index contributed by atoms with van der Waals surface area (Å²) >= 11 is 0. The molecule has 13 nitrogen and oxygen atoms in total. The zero-order valence-electron chi connectivity index (χ0n) is 24.9. The zero-order valence-corrected chi connectivity index (χ0v) is 24.9. The lowest BCUT2D eigenvalue weighted by Gasteiger charge is -2.37. The Morgan fingerprint density at radius 1 is 0.978 bits per heavy atom. The monoisotopic (exact) mass is 612 g/mol. The molecule has 5 aromatic rings.